The van der Waals surface area contributed by atoms with Gasteiger partial charge in [0.05, 0.1) is 12.5 Å². The Kier molecular flexibility index (Phi) is 6.54. The van der Waals surface area contributed by atoms with Gasteiger partial charge in [-0.15, -0.1) is 0 Å². The zero-order valence-electron chi connectivity index (χ0n) is 16.7. The Morgan fingerprint density at radius 2 is 2.00 bits per heavy atom. The van der Waals surface area contributed by atoms with E-state index in [1.54, 1.807) is 19.9 Å². The molecular formula is C19H27FN4O3. The van der Waals surface area contributed by atoms with Crippen LogP contribution < -0.4 is 10.1 Å². The molecule has 8 heteroatoms. The van der Waals surface area contributed by atoms with Gasteiger partial charge in [0.15, 0.2) is 5.82 Å². The summed E-state index contributed by atoms with van der Waals surface area (Å²) < 4.78 is 25.3. The van der Waals surface area contributed by atoms with Crippen LogP contribution in [0.15, 0.2) is 12.1 Å². The van der Waals surface area contributed by atoms with Gasteiger partial charge in [0.1, 0.15) is 23.5 Å². The highest BCUT2D eigenvalue weighted by Gasteiger charge is 2.29. The number of rotatable bonds is 8. The summed E-state index contributed by atoms with van der Waals surface area (Å²) in [5, 5.41) is 3.45. The maximum absolute atomic E-state index is 14.7. The van der Waals surface area contributed by atoms with Crippen LogP contribution in [0, 0.1) is 5.82 Å². The third-order valence-electron chi connectivity index (χ3n) is 4.01. The first-order chi connectivity index (χ1) is 12.7. The largest absolute Gasteiger partial charge is 0.476 e. The number of halogens is 1. The number of carbonyl (C=O) groups is 1. The van der Waals surface area contributed by atoms with E-state index in [1.807, 2.05) is 25.9 Å². The highest BCUT2D eigenvalue weighted by atomic mass is 19.1. The summed E-state index contributed by atoms with van der Waals surface area (Å²) in [7, 11) is 5.19. The smallest absolute Gasteiger partial charge is 0.330 e. The van der Waals surface area contributed by atoms with Crippen LogP contribution in [0.25, 0.3) is 10.9 Å². The van der Waals surface area contributed by atoms with Crippen molar-refractivity contribution in [1.29, 1.82) is 0 Å². The number of methoxy groups -OCH3 is 1. The monoisotopic (exact) mass is 378 g/mol. The number of nitrogens with zero attached hydrogens (tertiary/aromatic N) is 3. The summed E-state index contributed by atoms with van der Waals surface area (Å²) in [6.07, 6.45) is 0.564. The zero-order valence-corrected chi connectivity index (χ0v) is 16.7. The number of esters is 1. The lowest BCUT2D eigenvalue weighted by atomic mass is 10.0. The molecule has 0 spiro atoms. The Labute approximate surface area is 158 Å². The Bertz CT molecular complexity index is 824. The maximum Gasteiger partial charge on any atom is 0.330 e. The number of benzene rings is 1. The minimum absolute atomic E-state index is 0.197. The second-order valence-electron chi connectivity index (χ2n) is 7.05. The lowest BCUT2D eigenvalue weighted by Crippen LogP contribution is -2.41. The number of nitrogens with one attached hydrogen (secondary N) is 1. The number of aromatic nitrogens is 2. The number of anilines is 1. The number of hydrogen-bond acceptors (Lipinski definition) is 7. The third kappa shape index (κ3) is 5.03. The first kappa shape index (κ1) is 20.8. The minimum atomic E-state index is -1.02. The van der Waals surface area contributed by atoms with E-state index in [-0.39, 0.29) is 5.52 Å². The van der Waals surface area contributed by atoms with Crippen molar-refractivity contribution in [2.45, 2.75) is 32.7 Å². The van der Waals surface area contributed by atoms with Crippen molar-refractivity contribution in [3.8, 4) is 5.88 Å². The quantitative estimate of drug-likeness (QED) is 0.708. The van der Waals surface area contributed by atoms with Crippen LogP contribution in [0.1, 0.15) is 26.6 Å². The molecule has 0 bridgehead atoms. The fraction of sp³-hybridized carbons (Fsp3) is 0.526. The van der Waals surface area contributed by atoms with Crippen LogP contribution >= 0.6 is 0 Å². The normalized spacial score (nSPS) is 11.7. The van der Waals surface area contributed by atoms with Crippen molar-refractivity contribution in [2.24, 2.45) is 0 Å². The first-order valence-corrected chi connectivity index (χ1v) is 8.82. The fourth-order valence-corrected chi connectivity index (χ4v) is 2.54. The van der Waals surface area contributed by atoms with E-state index in [1.165, 1.54) is 13.2 Å². The first-order valence-electron chi connectivity index (χ1n) is 8.82. The topological polar surface area (TPSA) is 76.6 Å². The van der Waals surface area contributed by atoms with Gasteiger partial charge in [-0.05, 0) is 40.1 Å². The van der Waals surface area contributed by atoms with Gasteiger partial charge >= 0.3 is 5.97 Å². The van der Waals surface area contributed by atoms with E-state index < -0.39 is 17.3 Å². The van der Waals surface area contributed by atoms with E-state index in [0.29, 0.717) is 42.4 Å². The molecule has 7 nitrogen and oxygen atoms in total. The summed E-state index contributed by atoms with van der Waals surface area (Å²) in [5.41, 5.74) is -0.408. The molecule has 0 aliphatic carbocycles. The maximum atomic E-state index is 14.7. The van der Waals surface area contributed by atoms with Crippen LogP contribution in [-0.4, -0.2) is 60.7 Å². The van der Waals surface area contributed by atoms with Crippen LogP contribution in [0.5, 0.6) is 5.88 Å². The molecule has 2 aromatic rings. The van der Waals surface area contributed by atoms with Crippen LogP contribution in [-0.2, 0) is 16.0 Å². The average Bonchev–Trinajstić information content (AvgIpc) is 2.60. The van der Waals surface area contributed by atoms with Gasteiger partial charge in [-0.1, -0.05) is 6.92 Å². The van der Waals surface area contributed by atoms with Gasteiger partial charge in [0.2, 0.25) is 5.88 Å². The Balaban J connectivity index is 2.47. The molecule has 0 saturated carbocycles. The molecule has 0 aliphatic heterocycles. The molecular weight excluding hydrogens is 351 g/mol. The van der Waals surface area contributed by atoms with Crippen LogP contribution in [0.4, 0.5) is 10.1 Å². The molecule has 1 N–H and O–H groups in total. The molecule has 1 aromatic carbocycles. The van der Waals surface area contributed by atoms with Crippen molar-refractivity contribution in [3.63, 3.8) is 0 Å². The molecule has 0 amide bonds. The number of ether oxygens (including phenoxy) is 2. The number of carbonyl (C=O) groups excluding carboxylic acids is 1. The van der Waals surface area contributed by atoms with Gasteiger partial charge in [0.25, 0.3) is 0 Å². The van der Waals surface area contributed by atoms with Crippen molar-refractivity contribution in [1.82, 2.24) is 14.9 Å². The molecule has 0 fully saturated rings. The molecule has 0 atom stereocenters. The molecule has 0 saturated heterocycles. The minimum Gasteiger partial charge on any atom is -0.476 e. The highest BCUT2D eigenvalue weighted by Crippen LogP contribution is 2.30. The average molecular weight is 378 g/mol. The van der Waals surface area contributed by atoms with E-state index in [2.05, 4.69) is 15.3 Å². The summed E-state index contributed by atoms with van der Waals surface area (Å²) >= 11 is 0. The van der Waals surface area contributed by atoms with E-state index >= 15 is 0 Å². The zero-order chi connectivity index (χ0) is 20.2. The SMILES string of the molecule is CCc1nc(OCCN(C)C)c2cc(NC(C)(C)C(=O)OC)cc(F)c2n1. The second-order valence-corrected chi connectivity index (χ2v) is 7.05. The van der Waals surface area contributed by atoms with E-state index in [9.17, 15) is 9.18 Å². The molecule has 0 radical (unpaired) electrons. The lowest BCUT2D eigenvalue weighted by molar-refractivity contribution is -0.144. The lowest BCUT2D eigenvalue weighted by Gasteiger charge is -2.24. The Morgan fingerprint density at radius 1 is 1.30 bits per heavy atom. The van der Waals surface area contributed by atoms with Gasteiger partial charge in [-0.25, -0.2) is 14.2 Å². The van der Waals surface area contributed by atoms with Gasteiger partial charge in [0, 0.05) is 18.7 Å². The van der Waals surface area contributed by atoms with E-state index in [0.717, 1.165) is 0 Å². The molecule has 148 valence electrons. The molecule has 1 heterocycles. The van der Waals surface area contributed by atoms with Crippen molar-refractivity contribution in [2.75, 3.05) is 39.7 Å². The molecule has 2 rings (SSSR count). The van der Waals surface area contributed by atoms with Crippen LogP contribution in [0.2, 0.25) is 0 Å². The summed E-state index contributed by atoms with van der Waals surface area (Å²) in [6, 6.07) is 3.00. The molecule has 1 aromatic heterocycles. The summed E-state index contributed by atoms with van der Waals surface area (Å²) in [6.45, 7) is 6.33. The summed E-state index contributed by atoms with van der Waals surface area (Å²) in [4.78, 5) is 22.6. The fourth-order valence-electron chi connectivity index (χ4n) is 2.54. The van der Waals surface area contributed by atoms with E-state index in [4.69, 9.17) is 9.47 Å². The highest BCUT2D eigenvalue weighted by molar-refractivity contribution is 5.89. The van der Waals surface area contributed by atoms with Crippen LogP contribution in [0.3, 0.4) is 0 Å². The standard InChI is InChI=1S/C19H27FN4O3/c1-7-15-21-16-13(17(22-15)27-9-8-24(4)5)10-12(11-14(16)20)23-19(2,3)18(25)26-6/h10-11,23H,7-9H2,1-6H3. The third-order valence-corrected chi connectivity index (χ3v) is 4.01. The molecule has 0 aliphatic rings. The Hall–Kier alpha value is -2.48. The summed E-state index contributed by atoms with van der Waals surface area (Å²) in [5.74, 6) is -0.123. The number of hydrogen-bond donors (Lipinski definition) is 1. The predicted molar refractivity (Wildman–Crippen MR) is 103 cm³/mol. The van der Waals surface area contributed by atoms with Crippen molar-refractivity contribution >= 4 is 22.6 Å². The van der Waals surface area contributed by atoms with Gasteiger partial charge in [-0.3, -0.25) is 0 Å². The predicted octanol–water partition coefficient (Wildman–Crippen LogP) is 2.64. The van der Waals surface area contributed by atoms with Gasteiger partial charge in [-0.2, -0.15) is 4.98 Å². The number of likely N-dealkylation sites (N-methyl/N-ethyl adjacent to an activating group) is 1. The number of fused-ring (bicyclic) bond motifs is 1. The second kappa shape index (κ2) is 8.47. The molecule has 0 unspecified atom stereocenters. The van der Waals surface area contributed by atoms with Crippen molar-refractivity contribution in [3.05, 3.63) is 23.8 Å². The number of aryl methyl sites for hydroxylation is 1. The molecule has 27 heavy (non-hydrogen) atoms. The van der Waals surface area contributed by atoms with Gasteiger partial charge < -0.3 is 19.7 Å². The Morgan fingerprint density at radius 3 is 2.59 bits per heavy atom. The van der Waals surface area contributed by atoms with Crippen molar-refractivity contribution < 1.29 is 18.7 Å².